The summed E-state index contributed by atoms with van der Waals surface area (Å²) in [6.07, 6.45) is 12.0. The van der Waals surface area contributed by atoms with Crippen molar-refractivity contribution in [2.75, 3.05) is 12.8 Å². The minimum absolute atomic E-state index is 0. The molecule has 4 aliphatic carbocycles. The summed E-state index contributed by atoms with van der Waals surface area (Å²) < 4.78 is 6.19. The molecule has 4 aliphatic rings. The van der Waals surface area contributed by atoms with E-state index in [1.165, 1.54) is 12.5 Å². The van der Waals surface area contributed by atoms with Gasteiger partial charge in [0.1, 0.15) is 0 Å². The summed E-state index contributed by atoms with van der Waals surface area (Å²) in [5, 5.41) is 0. The van der Waals surface area contributed by atoms with Gasteiger partial charge in [-0.25, -0.2) is 0 Å². The van der Waals surface area contributed by atoms with E-state index in [1.54, 1.807) is 38.5 Å². The molecular weight excluding hydrogens is 371 g/mol. The van der Waals surface area contributed by atoms with Crippen molar-refractivity contribution in [3.05, 3.63) is 0 Å². The second-order valence-corrected chi connectivity index (χ2v) is 14.1. The third-order valence-electron chi connectivity index (χ3n) is 6.40. The zero-order chi connectivity index (χ0) is 15.1. The van der Waals surface area contributed by atoms with Gasteiger partial charge in [-0.2, -0.15) is 0 Å². The van der Waals surface area contributed by atoms with Crippen LogP contribution in [-0.4, -0.2) is 21.1 Å². The molecule has 0 spiro atoms. The van der Waals surface area contributed by atoms with Gasteiger partial charge >= 0.3 is 0 Å². The molecule has 4 fully saturated rings. The van der Waals surface area contributed by atoms with Crippen LogP contribution in [0.3, 0.4) is 0 Å². The normalized spacial score (nSPS) is 37.9. The smallest absolute Gasteiger partial charge is 0.186 e. The highest BCUT2D eigenvalue weighted by Gasteiger charge is 2.51. The Labute approximate surface area is 151 Å². The van der Waals surface area contributed by atoms with E-state index in [0.717, 1.165) is 41.9 Å². The van der Waals surface area contributed by atoms with Gasteiger partial charge in [0.25, 0.3) is 0 Å². The van der Waals surface area contributed by atoms with Gasteiger partial charge in [-0.05, 0) is 99.3 Å². The SMILES string of the molecule is Br.CC(CC12CC3CC(CC(C3)C1)C2)C[Si](C)(C)OCCP. The average Bonchev–Trinajstić information content (AvgIpc) is 2.33. The van der Waals surface area contributed by atoms with E-state index in [1.807, 2.05) is 0 Å². The molecule has 130 valence electrons. The van der Waals surface area contributed by atoms with Crippen molar-refractivity contribution in [3.8, 4) is 0 Å². The maximum absolute atomic E-state index is 6.19. The Kier molecular flexibility index (Phi) is 6.65. The first kappa shape index (κ1) is 19.4. The predicted molar refractivity (Wildman–Crippen MR) is 108 cm³/mol. The Hall–Kier alpha value is 1.09. The average molecular weight is 407 g/mol. The first-order valence-corrected chi connectivity index (χ1v) is 13.2. The molecule has 4 saturated carbocycles. The molecule has 4 heteroatoms. The van der Waals surface area contributed by atoms with Crippen LogP contribution in [0.1, 0.15) is 51.9 Å². The monoisotopic (exact) mass is 406 g/mol. The maximum atomic E-state index is 6.19. The van der Waals surface area contributed by atoms with Crippen molar-refractivity contribution < 1.29 is 4.43 Å². The molecule has 4 rings (SSSR count). The van der Waals surface area contributed by atoms with Gasteiger partial charge < -0.3 is 4.43 Å². The zero-order valence-corrected chi connectivity index (χ0v) is 18.6. The second kappa shape index (κ2) is 7.54. The van der Waals surface area contributed by atoms with Crippen molar-refractivity contribution in [1.82, 2.24) is 0 Å². The van der Waals surface area contributed by atoms with E-state index in [-0.39, 0.29) is 17.0 Å². The fourth-order valence-electron chi connectivity index (χ4n) is 6.58. The molecule has 0 aliphatic heterocycles. The van der Waals surface area contributed by atoms with Gasteiger partial charge in [-0.3, -0.25) is 0 Å². The highest BCUT2D eigenvalue weighted by molar-refractivity contribution is 8.93. The van der Waals surface area contributed by atoms with Crippen molar-refractivity contribution in [3.63, 3.8) is 0 Å². The van der Waals surface area contributed by atoms with Crippen LogP contribution >= 0.6 is 26.2 Å². The molecule has 4 bridgehead atoms. The minimum Gasteiger partial charge on any atom is -0.417 e. The summed E-state index contributed by atoms with van der Waals surface area (Å²) in [4.78, 5) is 0. The standard InChI is InChI=1S/C18H35OPSi.BrH/c1-14(13-21(2,3)19-4-5-20)9-18-10-15-6-16(11-18)8-17(7-15)12-18;/h14-17H,4-13,20H2,1-3H3;1H. The Morgan fingerprint density at radius 3 is 2.05 bits per heavy atom. The van der Waals surface area contributed by atoms with Crippen molar-refractivity contribution in [1.29, 1.82) is 0 Å². The van der Waals surface area contributed by atoms with Gasteiger partial charge in [-0.15, -0.1) is 26.2 Å². The van der Waals surface area contributed by atoms with Crippen molar-refractivity contribution in [2.45, 2.75) is 71.0 Å². The van der Waals surface area contributed by atoms with Crippen LogP contribution in [0, 0.1) is 29.1 Å². The van der Waals surface area contributed by atoms with E-state index in [2.05, 4.69) is 29.3 Å². The lowest BCUT2D eigenvalue weighted by Gasteiger charge is -2.57. The fourth-order valence-corrected chi connectivity index (χ4v) is 9.55. The van der Waals surface area contributed by atoms with Crippen molar-refractivity contribution in [2.24, 2.45) is 29.1 Å². The molecule has 0 heterocycles. The Balaban J connectivity index is 0.00000176. The predicted octanol–water partition coefficient (Wildman–Crippen LogP) is 5.90. The number of hydrogen-bond acceptors (Lipinski definition) is 1. The topological polar surface area (TPSA) is 9.23 Å². The first-order valence-electron chi connectivity index (χ1n) is 9.24. The van der Waals surface area contributed by atoms with Crippen LogP contribution < -0.4 is 0 Å². The van der Waals surface area contributed by atoms with Gasteiger partial charge in [0.05, 0.1) is 0 Å². The van der Waals surface area contributed by atoms with Crippen LogP contribution in [0.2, 0.25) is 19.1 Å². The molecule has 0 aromatic rings. The van der Waals surface area contributed by atoms with Crippen LogP contribution in [0.25, 0.3) is 0 Å². The van der Waals surface area contributed by atoms with Gasteiger partial charge in [-0.1, -0.05) is 6.92 Å². The van der Waals surface area contributed by atoms with E-state index >= 15 is 0 Å². The lowest BCUT2D eigenvalue weighted by Crippen LogP contribution is -2.47. The molecule has 0 radical (unpaired) electrons. The van der Waals surface area contributed by atoms with E-state index in [0.29, 0.717) is 0 Å². The van der Waals surface area contributed by atoms with E-state index in [9.17, 15) is 0 Å². The Bertz CT molecular complexity index is 339. The fraction of sp³-hybridized carbons (Fsp3) is 1.00. The van der Waals surface area contributed by atoms with Crippen molar-refractivity contribution >= 4 is 34.5 Å². The largest absolute Gasteiger partial charge is 0.417 e. The molecule has 0 aromatic carbocycles. The summed E-state index contributed by atoms with van der Waals surface area (Å²) in [5.41, 5.74) is 0.749. The van der Waals surface area contributed by atoms with E-state index in [4.69, 9.17) is 4.43 Å². The number of hydrogen-bond donors (Lipinski definition) is 0. The van der Waals surface area contributed by atoms with Crippen LogP contribution in [0.4, 0.5) is 0 Å². The Morgan fingerprint density at radius 2 is 1.59 bits per heavy atom. The van der Waals surface area contributed by atoms with Crippen LogP contribution in [-0.2, 0) is 4.43 Å². The summed E-state index contributed by atoms with van der Waals surface area (Å²) in [7, 11) is 1.35. The molecule has 0 saturated heterocycles. The molecular formula is C18H36BrOPSi. The molecule has 22 heavy (non-hydrogen) atoms. The third kappa shape index (κ3) is 4.58. The first-order chi connectivity index (χ1) is 9.90. The van der Waals surface area contributed by atoms with E-state index < -0.39 is 8.32 Å². The summed E-state index contributed by atoms with van der Waals surface area (Å²) >= 11 is 0. The zero-order valence-electron chi connectivity index (χ0n) is 14.8. The number of halogens is 1. The minimum atomic E-state index is -1.44. The molecule has 0 aromatic heterocycles. The lowest BCUT2D eigenvalue weighted by atomic mass is 9.48. The second-order valence-electron chi connectivity index (χ2n) is 9.33. The van der Waals surface area contributed by atoms with Gasteiger partial charge in [0.15, 0.2) is 8.32 Å². The molecule has 0 amide bonds. The molecule has 0 N–H and O–H groups in total. The molecule has 2 unspecified atom stereocenters. The quantitative estimate of drug-likeness (QED) is 0.377. The summed E-state index contributed by atoms with van der Waals surface area (Å²) in [6.45, 7) is 8.29. The van der Waals surface area contributed by atoms with Gasteiger partial charge in [0.2, 0.25) is 0 Å². The number of rotatable bonds is 7. The maximum Gasteiger partial charge on any atom is 0.186 e. The lowest BCUT2D eigenvalue weighted by molar-refractivity contribution is -0.0634. The van der Waals surface area contributed by atoms with Crippen LogP contribution in [0.5, 0.6) is 0 Å². The summed E-state index contributed by atoms with van der Waals surface area (Å²) in [5.74, 6) is 4.17. The molecule has 1 nitrogen and oxygen atoms in total. The molecule has 2 atom stereocenters. The van der Waals surface area contributed by atoms with Crippen LogP contribution in [0.15, 0.2) is 0 Å². The highest BCUT2D eigenvalue weighted by atomic mass is 79.9. The van der Waals surface area contributed by atoms with Gasteiger partial charge in [0, 0.05) is 6.61 Å². The highest BCUT2D eigenvalue weighted by Crippen LogP contribution is 2.62. The summed E-state index contributed by atoms with van der Waals surface area (Å²) in [6, 6.07) is 1.36. The Morgan fingerprint density at radius 1 is 1.09 bits per heavy atom. The third-order valence-corrected chi connectivity index (χ3v) is 9.30.